The van der Waals surface area contributed by atoms with Crippen molar-refractivity contribution in [2.75, 3.05) is 24.2 Å². The van der Waals surface area contributed by atoms with Crippen LogP contribution in [0, 0.1) is 0 Å². The van der Waals surface area contributed by atoms with Crippen LogP contribution in [-0.4, -0.2) is 35.3 Å². The van der Waals surface area contributed by atoms with Gasteiger partial charge in [0.15, 0.2) is 0 Å². The maximum Gasteiger partial charge on any atom is 0.319 e. The van der Waals surface area contributed by atoms with Gasteiger partial charge in [0.05, 0.1) is 6.20 Å². The van der Waals surface area contributed by atoms with Crippen molar-refractivity contribution >= 4 is 35.7 Å². The van der Waals surface area contributed by atoms with E-state index >= 15 is 0 Å². The average Bonchev–Trinajstić information content (AvgIpc) is 2.94. The second-order valence-electron chi connectivity index (χ2n) is 5.22. The second kappa shape index (κ2) is 9.65. The highest BCUT2D eigenvalue weighted by Crippen LogP contribution is 2.18. The number of hydrogen-bond acceptors (Lipinski definition) is 4. The van der Waals surface area contributed by atoms with Crippen molar-refractivity contribution in [1.29, 1.82) is 0 Å². The fourth-order valence-electron chi connectivity index (χ4n) is 2.26. The van der Waals surface area contributed by atoms with Crippen LogP contribution < -0.4 is 21.3 Å². The summed E-state index contributed by atoms with van der Waals surface area (Å²) in [6.45, 7) is 2.38. The minimum absolute atomic E-state index is 0. The highest BCUT2D eigenvalue weighted by molar-refractivity contribution is 5.96. The lowest BCUT2D eigenvalue weighted by atomic mass is 10.1. The van der Waals surface area contributed by atoms with E-state index in [2.05, 4.69) is 26.4 Å². The van der Waals surface area contributed by atoms with Gasteiger partial charge in [-0.3, -0.25) is 9.48 Å². The SMILES string of the molecule is CCNC(=O)Nc1cccc(NC(=O)C(NC)c2cnn(C)c2)c1.Cl. The highest BCUT2D eigenvalue weighted by atomic mass is 35.5. The number of anilines is 2. The maximum atomic E-state index is 12.5. The van der Waals surface area contributed by atoms with Crippen molar-refractivity contribution < 1.29 is 9.59 Å². The second-order valence-corrected chi connectivity index (χ2v) is 5.22. The third-order valence-electron chi connectivity index (χ3n) is 3.33. The number of hydrogen-bond donors (Lipinski definition) is 4. The van der Waals surface area contributed by atoms with E-state index in [1.165, 1.54) is 0 Å². The molecule has 4 N–H and O–H groups in total. The molecule has 1 atom stereocenters. The standard InChI is InChI=1S/C16H22N6O2.ClH/c1-4-18-16(24)21-13-7-5-6-12(8-13)20-15(23)14(17-2)11-9-19-22(3)10-11;/h5-10,14,17H,4H2,1-3H3,(H,20,23)(H2,18,21,24);1H. The van der Waals surface area contributed by atoms with Crippen molar-refractivity contribution in [1.82, 2.24) is 20.4 Å². The summed E-state index contributed by atoms with van der Waals surface area (Å²) in [5, 5.41) is 15.2. The summed E-state index contributed by atoms with van der Waals surface area (Å²) in [6.07, 6.45) is 3.43. The molecule has 8 nitrogen and oxygen atoms in total. The van der Waals surface area contributed by atoms with Crippen molar-refractivity contribution in [3.63, 3.8) is 0 Å². The van der Waals surface area contributed by atoms with Gasteiger partial charge in [-0.25, -0.2) is 4.79 Å². The van der Waals surface area contributed by atoms with Gasteiger partial charge in [0, 0.05) is 36.7 Å². The number of likely N-dealkylation sites (N-methyl/N-ethyl adjacent to an activating group) is 1. The van der Waals surface area contributed by atoms with Crippen LogP contribution in [0.15, 0.2) is 36.7 Å². The number of benzene rings is 1. The molecule has 0 saturated heterocycles. The smallest absolute Gasteiger partial charge is 0.319 e. The molecular weight excluding hydrogens is 344 g/mol. The Labute approximate surface area is 152 Å². The summed E-state index contributed by atoms with van der Waals surface area (Å²) in [7, 11) is 3.51. The number of rotatable bonds is 6. The van der Waals surface area contributed by atoms with Gasteiger partial charge < -0.3 is 21.3 Å². The van der Waals surface area contributed by atoms with Crippen LogP contribution in [0.4, 0.5) is 16.2 Å². The lowest BCUT2D eigenvalue weighted by molar-refractivity contribution is -0.118. The Morgan fingerprint density at radius 1 is 1.24 bits per heavy atom. The minimum atomic E-state index is -0.515. The van der Waals surface area contributed by atoms with E-state index in [4.69, 9.17) is 0 Å². The fourth-order valence-corrected chi connectivity index (χ4v) is 2.26. The third-order valence-corrected chi connectivity index (χ3v) is 3.33. The number of aryl methyl sites for hydroxylation is 1. The predicted molar refractivity (Wildman–Crippen MR) is 100 cm³/mol. The molecular formula is C16H23ClN6O2. The van der Waals surface area contributed by atoms with Crippen molar-refractivity contribution in [3.8, 4) is 0 Å². The molecule has 3 amide bonds. The predicted octanol–water partition coefficient (Wildman–Crippen LogP) is 1.88. The van der Waals surface area contributed by atoms with Crippen molar-refractivity contribution in [2.45, 2.75) is 13.0 Å². The molecule has 0 aliphatic carbocycles. The van der Waals surface area contributed by atoms with Gasteiger partial charge >= 0.3 is 6.03 Å². The first-order chi connectivity index (χ1) is 11.5. The summed E-state index contributed by atoms with van der Waals surface area (Å²) in [4.78, 5) is 24.0. The van der Waals surface area contributed by atoms with Crippen LogP contribution in [-0.2, 0) is 11.8 Å². The summed E-state index contributed by atoms with van der Waals surface area (Å²) in [6, 6.07) is 6.17. The summed E-state index contributed by atoms with van der Waals surface area (Å²) < 4.78 is 1.64. The number of halogens is 1. The van der Waals surface area contributed by atoms with Gasteiger partial charge in [-0.1, -0.05) is 6.07 Å². The van der Waals surface area contributed by atoms with E-state index in [1.54, 1.807) is 55.4 Å². The molecule has 0 aliphatic rings. The van der Waals surface area contributed by atoms with Crippen molar-refractivity contribution in [3.05, 3.63) is 42.2 Å². The lowest BCUT2D eigenvalue weighted by Gasteiger charge is -2.15. The molecule has 25 heavy (non-hydrogen) atoms. The summed E-state index contributed by atoms with van der Waals surface area (Å²) in [5.41, 5.74) is 1.97. The normalized spacial score (nSPS) is 11.2. The molecule has 1 aromatic heterocycles. The van der Waals surface area contributed by atoms with Gasteiger partial charge in [-0.2, -0.15) is 5.10 Å². The zero-order valence-electron chi connectivity index (χ0n) is 14.4. The van der Waals surface area contributed by atoms with Gasteiger partial charge in [-0.05, 0) is 32.2 Å². The number of nitrogens with zero attached hydrogens (tertiary/aromatic N) is 2. The Morgan fingerprint density at radius 3 is 2.48 bits per heavy atom. The van der Waals surface area contributed by atoms with Crippen LogP contribution in [0.25, 0.3) is 0 Å². The molecule has 0 fully saturated rings. The molecule has 2 aromatic rings. The number of carbonyl (C=O) groups is 2. The van der Waals surface area contributed by atoms with E-state index in [1.807, 2.05) is 6.92 Å². The van der Waals surface area contributed by atoms with Crippen LogP contribution in [0.1, 0.15) is 18.5 Å². The molecule has 0 saturated carbocycles. The molecule has 136 valence electrons. The van der Waals surface area contributed by atoms with Gasteiger partial charge in [0.2, 0.25) is 5.91 Å². The first-order valence-corrected chi connectivity index (χ1v) is 7.65. The van der Waals surface area contributed by atoms with Crippen LogP contribution in [0.2, 0.25) is 0 Å². The Kier molecular flexibility index (Phi) is 7.90. The monoisotopic (exact) mass is 366 g/mol. The average molecular weight is 367 g/mol. The van der Waals surface area contributed by atoms with Crippen LogP contribution >= 0.6 is 12.4 Å². The number of urea groups is 1. The third kappa shape index (κ3) is 5.77. The molecule has 1 aromatic carbocycles. The van der Waals surface area contributed by atoms with E-state index in [9.17, 15) is 9.59 Å². The lowest BCUT2D eigenvalue weighted by Crippen LogP contribution is -2.30. The Bertz CT molecular complexity index is 718. The van der Waals surface area contributed by atoms with Gasteiger partial charge in [0.25, 0.3) is 0 Å². The molecule has 1 heterocycles. The maximum absolute atomic E-state index is 12.5. The van der Waals surface area contributed by atoms with E-state index < -0.39 is 6.04 Å². The molecule has 1 unspecified atom stereocenters. The van der Waals surface area contributed by atoms with Gasteiger partial charge in [-0.15, -0.1) is 12.4 Å². The quantitative estimate of drug-likeness (QED) is 0.627. The number of nitrogens with one attached hydrogen (secondary N) is 4. The molecule has 0 radical (unpaired) electrons. The molecule has 0 aliphatic heterocycles. The van der Waals surface area contributed by atoms with E-state index in [0.29, 0.717) is 17.9 Å². The first-order valence-electron chi connectivity index (χ1n) is 7.65. The summed E-state index contributed by atoms with van der Waals surface area (Å²) >= 11 is 0. The Hall–Kier alpha value is -2.58. The topological polar surface area (TPSA) is 100 Å². The summed E-state index contributed by atoms with van der Waals surface area (Å²) in [5.74, 6) is -0.208. The zero-order valence-corrected chi connectivity index (χ0v) is 15.2. The number of amides is 3. The van der Waals surface area contributed by atoms with E-state index in [0.717, 1.165) is 5.56 Å². The van der Waals surface area contributed by atoms with Gasteiger partial charge in [0.1, 0.15) is 6.04 Å². The number of aromatic nitrogens is 2. The first kappa shape index (κ1) is 20.5. The number of carbonyl (C=O) groups excluding carboxylic acids is 2. The highest BCUT2D eigenvalue weighted by Gasteiger charge is 2.20. The van der Waals surface area contributed by atoms with E-state index in [-0.39, 0.29) is 24.3 Å². The zero-order chi connectivity index (χ0) is 17.5. The molecule has 0 bridgehead atoms. The largest absolute Gasteiger partial charge is 0.338 e. The fraction of sp³-hybridized carbons (Fsp3) is 0.312. The van der Waals surface area contributed by atoms with Crippen molar-refractivity contribution in [2.24, 2.45) is 7.05 Å². The molecule has 9 heteroatoms. The molecule has 0 spiro atoms. The minimum Gasteiger partial charge on any atom is -0.338 e. The Morgan fingerprint density at radius 2 is 1.92 bits per heavy atom. The molecule has 2 rings (SSSR count). The van der Waals surface area contributed by atoms with Crippen LogP contribution in [0.3, 0.4) is 0 Å². The van der Waals surface area contributed by atoms with Crippen LogP contribution in [0.5, 0.6) is 0 Å². The Balaban J connectivity index is 0.00000312.